The third kappa shape index (κ3) is 4.87. The molecule has 0 unspecified atom stereocenters. The molecule has 2 aliphatic rings. The Bertz CT molecular complexity index is 974. The van der Waals surface area contributed by atoms with E-state index in [0.717, 1.165) is 5.92 Å². The second-order valence-electron chi connectivity index (χ2n) is 10.0. The number of piperazine rings is 1. The van der Waals surface area contributed by atoms with Gasteiger partial charge >= 0.3 is 0 Å². The third-order valence-corrected chi connectivity index (χ3v) is 7.66. The summed E-state index contributed by atoms with van der Waals surface area (Å²) in [6, 6.07) is 20.5. The molecule has 0 radical (unpaired) electrons. The van der Waals surface area contributed by atoms with Crippen molar-refractivity contribution in [3.8, 4) is 11.3 Å². The second kappa shape index (κ2) is 9.68. The van der Waals surface area contributed by atoms with Gasteiger partial charge in [0.2, 0.25) is 0 Å². The number of anilines is 1. The van der Waals surface area contributed by atoms with Crippen LogP contribution in [0.2, 0.25) is 0 Å². The van der Waals surface area contributed by atoms with Crippen LogP contribution in [0.25, 0.3) is 22.2 Å². The van der Waals surface area contributed by atoms with E-state index in [-0.39, 0.29) is 0 Å². The van der Waals surface area contributed by atoms with Crippen LogP contribution >= 0.6 is 0 Å². The minimum absolute atomic E-state index is 0.691. The summed E-state index contributed by atoms with van der Waals surface area (Å²) >= 11 is 0. The summed E-state index contributed by atoms with van der Waals surface area (Å²) < 4.78 is 0. The molecule has 0 atom stereocenters. The predicted octanol–water partition coefficient (Wildman–Crippen LogP) is 5.47. The van der Waals surface area contributed by atoms with Gasteiger partial charge in [0.1, 0.15) is 0 Å². The molecule has 1 aromatic heterocycles. The molecule has 0 spiro atoms. The molecule has 2 fully saturated rings. The number of benzene rings is 2. The molecule has 0 saturated carbocycles. The molecule has 32 heavy (non-hydrogen) atoms. The predicted molar refractivity (Wildman–Crippen MR) is 136 cm³/mol. The number of hydrogen-bond donors (Lipinski definition) is 1. The molecule has 4 nitrogen and oxygen atoms in total. The number of aromatic nitrogens is 1. The Morgan fingerprint density at radius 2 is 1.66 bits per heavy atom. The van der Waals surface area contributed by atoms with Crippen LogP contribution in [0.3, 0.4) is 0 Å². The zero-order valence-electron chi connectivity index (χ0n) is 19.8. The van der Waals surface area contributed by atoms with Gasteiger partial charge in [-0.2, -0.15) is 0 Å². The van der Waals surface area contributed by atoms with E-state index in [9.17, 15) is 0 Å². The van der Waals surface area contributed by atoms with Gasteiger partial charge in [-0.1, -0.05) is 30.3 Å². The van der Waals surface area contributed by atoms with Crippen molar-refractivity contribution in [3.63, 3.8) is 0 Å². The molecule has 3 aromatic rings. The average molecular weight is 431 g/mol. The molecule has 4 heteroatoms. The van der Waals surface area contributed by atoms with Crippen molar-refractivity contribution in [3.05, 3.63) is 54.6 Å². The first-order chi connectivity index (χ1) is 15.7. The Hall–Kier alpha value is -2.30. The van der Waals surface area contributed by atoms with Gasteiger partial charge in [-0.15, -0.1) is 0 Å². The highest BCUT2D eigenvalue weighted by molar-refractivity contribution is 5.86. The Balaban J connectivity index is 1.13. The molecule has 2 saturated heterocycles. The van der Waals surface area contributed by atoms with E-state index in [0.29, 0.717) is 6.04 Å². The van der Waals surface area contributed by atoms with Gasteiger partial charge in [0, 0.05) is 67.6 Å². The monoisotopic (exact) mass is 430 g/mol. The maximum Gasteiger partial charge on any atom is 0.0465 e. The number of piperidine rings is 1. The molecule has 0 aliphatic carbocycles. The molecule has 1 N–H and O–H groups in total. The first-order valence-electron chi connectivity index (χ1n) is 12.6. The van der Waals surface area contributed by atoms with Crippen LogP contribution in [0.15, 0.2) is 54.6 Å². The summed E-state index contributed by atoms with van der Waals surface area (Å²) in [6.07, 6.45) is 4.01. The van der Waals surface area contributed by atoms with Gasteiger partial charge in [0.15, 0.2) is 0 Å². The summed E-state index contributed by atoms with van der Waals surface area (Å²) in [7, 11) is 0. The van der Waals surface area contributed by atoms with Crippen LogP contribution in [0.1, 0.15) is 33.1 Å². The summed E-state index contributed by atoms with van der Waals surface area (Å²) in [5.74, 6) is 0.881. The van der Waals surface area contributed by atoms with Crippen LogP contribution in [0, 0.1) is 5.92 Å². The lowest BCUT2D eigenvalue weighted by Gasteiger charge is -2.38. The zero-order valence-corrected chi connectivity index (χ0v) is 19.8. The van der Waals surface area contributed by atoms with Crippen molar-refractivity contribution in [2.45, 2.75) is 39.2 Å². The van der Waals surface area contributed by atoms with Crippen LogP contribution in [-0.2, 0) is 0 Å². The Kier molecular flexibility index (Phi) is 6.52. The van der Waals surface area contributed by atoms with Crippen LogP contribution in [0.4, 0.5) is 5.69 Å². The van der Waals surface area contributed by atoms with Crippen LogP contribution in [0.5, 0.6) is 0 Å². The van der Waals surface area contributed by atoms with E-state index in [1.807, 2.05) is 0 Å². The van der Waals surface area contributed by atoms with Gasteiger partial charge < -0.3 is 14.8 Å². The molecule has 170 valence electrons. The lowest BCUT2D eigenvalue weighted by Crippen LogP contribution is -2.49. The summed E-state index contributed by atoms with van der Waals surface area (Å²) in [5.41, 5.74) is 5.06. The van der Waals surface area contributed by atoms with Gasteiger partial charge in [-0.25, -0.2) is 0 Å². The van der Waals surface area contributed by atoms with Gasteiger partial charge in [-0.3, -0.25) is 4.90 Å². The van der Waals surface area contributed by atoms with Gasteiger partial charge in [0.05, 0.1) is 0 Å². The molecular weight excluding hydrogens is 392 g/mol. The largest absolute Gasteiger partial charge is 0.371 e. The van der Waals surface area contributed by atoms with E-state index >= 15 is 0 Å². The molecule has 2 aliphatic heterocycles. The van der Waals surface area contributed by atoms with Crippen LogP contribution in [-0.4, -0.2) is 66.6 Å². The van der Waals surface area contributed by atoms with E-state index in [4.69, 9.17) is 0 Å². The van der Waals surface area contributed by atoms with Crippen molar-refractivity contribution in [2.24, 2.45) is 5.92 Å². The fraction of sp³-hybridized carbons (Fsp3) is 0.500. The van der Waals surface area contributed by atoms with Gasteiger partial charge in [0.25, 0.3) is 0 Å². The summed E-state index contributed by atoms with van der Waals surface area (Å²) in [4.78, 5) is 11.5. The normalized spacial score (nSPS) is 19.3. The fourth-order valence-electron chi connectivity index (χ4n) is 5.45. The summed E-state index contributed by atoms with van der Waals surface area (Å²) in [6.45, 7) is 13.3. The lowest BCUT2D eigenvalue weighted by atomic mass is 9.92. The SMILES string of the molecule is CC(C)N1CCN(CCC2CCN(c3cccc(-c4cc5ccccc5[nH]4)c3)CC2)CC1. The number of nitrogens with zero attached hydrogens (tertiary/aromatic N) is 3. The number of nitrogens with one attached hydrogen (secondary N) is 1. The van der Waals surface area contributed by atoms with E-state index in [1.165, 1.54) is 92.9 Å². The molecular formula is C28H38N4. The minimum atomic E-state index is 0.691. The first-order valence-corrected chi connectivity index (χ1v) is 12.6. The summed E-state index contributed by atoms with van der Waals surface area (Å²) in [5, 5.41) is 1.28. The Morgan fingerprint density at radius 3 is 2.41 bits per heavy atom. The van der Waals surface area contributed by atoms with E-state index in [2.05, 4.69) is 88.1 Å². The number of H-pyrrole nitrogens is 1. The number of hydrogen-bond acceptors (Lipinski definition) is 3. The third-order valence-electron chi connectivity index (χ3n) is 7.66. The van der Waals surface area contributed by atoms with Crippen molar-refractivity contribution >= 4 is 16.6 Å². The van der Waals surface area contributed by atoms with Crippen LogP contribution < -0.4 is 4.90 Å². The number of aromatic amines is 1. The molecule has 0 amide bonds. The number of rotatable bonds is 6. The van der Waals surface area contributed by atoms with Crippen molar-refractivity contribution < 1.29 is 0 Å². The number of para-hydroxylation sites is 1. The smallest absolute Gasteiger partial charge is 0.0465 e. The fourth-order valence-corrected chi connectivity index (χ4v) is 5.45. The van der Waals surface area contributed by atoms with E-state index in [1.54, 1.807) is 0 Å². The maximum atomic E-state index is 3.58. The molecule has 2 aromatic carbocycles. The zero-order chi connectivity index (χ0) is 21.9. The topological polar surface area (TPSA) is 25.5 Å². The van der Waals surface area contributed by atoms with Crippen molar-refractivity contribution in [1.82, 2.24) is 14.8 Å². The van der Waals surface area contributed by atoms with Crippen molar-refractivity contribution in [1.29, 1.82) is 0 Å². The quantitative estimate of drug-likeness (QED) is 0.562. The first kappa shape index (κ1) is 21.5. The highest BCUT2D eigenvalue weighted by Crippen LogP contribution is 2.30. The molecule has 3 heterocycles. The average Bonchev–Trinajstić information content (AvgIpc) is 3.28. The van der Waals surface area contributed by atoms with E-state index < -0.39 is 0 Å². The van der Waals surface area contributed by atoms with Crippen molar-refractivity contribution in [2.75, 3.05) is 50.7 Å². The molecule has 5 rings (SSSR count). The number of fused-ring (bicyclic) bond motifs is 1. The minimum Gasteiger partial charge on any atom is -0.371 e. The second-order valence-corrected chi connectivity index (χ2v) is 10.0. The maximum absolute atomic E-state index is 3.58. The Morgan fingerprint density at radius 1 is 0.875 bits per heavy atom. The Labute approximate surface area is 193 Å². The van der Waals surface area contributed by atoms with Gasteiger partial charge in [-0.05, 0) is 75.4 Å². The molecule has 0 bridgehead atoms. The standard InChI is InChI=1S/C28H38N4/c1-22(2)31-18-16-30(17-19-31)13-10-23-11-14-32(15-12-23)26-8-5-7-24(20-26)28-21-25-6-3-4-9-27(25)29-28/h3-9,20-23,29H,10-19H2,1-2H3. The highest BCUT2D eigenvalue weighted by atomic mass is 15.3. The lowest BCUT2D eigenvalue weighted by molar-refractivity contribution is 0.103. The highest BCUT2D eigenvalue weighted by Gasteiger charge is 2.23.